The Hall–Kier alpha value is -2.66. The number of hydrogen-bond donors (Lipinski definition) is 2. The number of aliphatic carboxylic acids is 1. The highest BCUT2D eigenvalue weighted by molar-refractivity contribution is 5.99. The summed E-state index contributed by atoms with van der Waals surface area (Å²) in [5.41, 5.74) is 2.94. The fourth-order valence-electron chi connectivity index (χ4n) is 4.00. The number of fused-ring (bicyclic) bond motifs is 3. The van der Waals surface area contributed by atoms with Crippen LogP contribution in [0.4, 0.5) is 0 Å². The van der Waals surface area contributed by atoms with Gasteiger partial charge in [0, 0.05) is 12.5 Å². The molecule has 2 aromatic rings. The quantitative estimate of drug-likeness (QED) is 0.552. The van der Waals surface area contributed by atoms with Gasteiger partial charge in [-0.25, -0.2) is 0 Å². The third-order valence-electron chi connectivity index (χ3n) is 5.30. The first-order valence-corrected chi connectivity index (χ1v) is 9.28. The predicted molar refractivity (Wildman–Crippen MR) is 104 cm³/mol. The zero-order valence-corrected chi connectivity index (χ0v) is 15.7. The maximum atomic E-state index is 12.8. The van der Waals surface area contributed by atoms with E-state index in [0.717, 1.165) is 22.3 Å². The van der Waals surface area contributed by atoms with Crippen LogP contribution in [0.2, 0.25) is 0 Å². The van der Waals surface area contributed by atoms with Crippen LogP contribution in [0.5, 0.6) is 0 Å². The molecule has 0 saturated heterocycles. The fourth-order valence-corrected chi connectivity index (χ4v) is 4.00. The molecular weight excluding hydrogens is 342 g/mol. The van der Waals surface area contributed by atoms with Crippen molar-refractivity contribution in [1.82, 2.24) is 5.32 Å². The van der Waals surface area contributed by atoms with Crippen LogP contribution in [0, 0.1) is 5.41 Å². The molecule has 5 heteroatoms. The fraction of sp³-hybridized carbons (Fsp3) is 0.364. The Morgan fingerprint density at radius 2 is 1.63 bits per heavy atom. The molecule has 27 heavy (non-hydrogen) atoms. The van der Waals surface area contributed by atoms with Crippen LogP contribution < -0.4 is 5.32 Å². The molecule has 0 fully saturated rings. The Morgan fingerprint density at radius 1 is 1.07 bits per heavy atom. The lowest BCUT2D eigenvalue weighted by molar-refractivity contribution is -0.169. The summed E-state index contributed by atoms with van der Waals surface area (Å²) in [6.07, 6.45) is 0.817. The number of esters is 1. The van der Waals surface area contributed by atoms with Crippen LogP contribution in [0.3, 0.4) is 0 Å². The molecule has 0 aromatic heterocycles. The number of rotatable bonds is 8. The summed E-state index contributed by atoms with van der Waals surface area (Å²) in [5, 5.41) is 12.6. The summed E-state index contributed by atoms with van der Waals surface area (Å²) >= 11 is 0. The van der Waals surface area contributed by atoms with E-state index < -0.39 is 17.4 Å². The number of carbonyl (C=O) groups excluding carboxylic acids is 1. The maximum absolute atomic E-state index is 12.8. The average molecular weight is 367 g/mol. The highest BCUT2D eigenvalue weighted by Gasteiger charge is 2.47. The van der Waals surface area contributed by atoms with Gasteiger partial charge in [0.2, 0.25) is 0 Å². The average Bonchev–Trinajstić information content (AvgIpc) is 2.99. The second kappa shape index (κ2) is 7.92. The van der Waals surface area contributed by atoms with E-state index in [1.165, 1.54) is 0 Å². The van der Waals surface area contributed by atoms with Crippen LogP contribution >= 0.6 is 0 Å². The van der Waals surface area contributed by atoms with Crippen molar-refractivity contribution in [2.75, 3.05) is 20.2 Å². The van der Waals surface area contributed by atoms with Gasteiger partial charge in [0.25, 0.3) is 0 Å². The van der Waals surface area contributed by atoms with Gasteiger partial charge in [-0.1, -0.05) is 61.9 Å². The Morgan fingerprint density at radius 3 is 2.11 bits per heavy atom. The summed E-state index contributed by atoms with van der Waals surface area (Å²) in [5.74, 6) is -1.90. The molecule has 0 amide bonds. The largest absolute Gasteiger partial charge is 0.480 e. The lowest BCUT2D eigenvalue weighted by Gasteiger charge is -2.27. The van der Waals surface area contributed by atoms with Crippen molar-refractivity contribution in [3.05, 3.63) is 59.7 Å². The first kappa shape index (κ1) is 19.1. The molecule has 3 rings (SSSR count). The Labute approximate surface area is 159 Å². The molecule has 1 aliphatic carbocycles. The van der Waals surface area contributed by atoms with E-state index in [1.54, 1.807) is 7.05 Å². The minimum absolute atomic E-state index is 0.0485. The minimum Gasteiger partial charge on any atom is -0.480 e. The van der Waals surface area contributed by atoms with Crippen LogP contribution in [0.25, 0.3) is 11.1 Å². The van der Waals surface area contributed by atoms with E-state index in [1.807, 2.05) is 43.3 Å². The maximum Gasteiger partial charge on any atom is 0.324 e. The minimum atomic E-state index is -1.55. The van der Waals surface area contributed by atoms with Crippen LogP contribution in [0.15, 0.2) is 48.5 Å². The molecule has 1 aliphatic rings. The Kier molecular flexibility index (Phi) is 5.61. The molecule has 0 bridgehead atoms. The van der Waals surface area contributed by atoms with Crippen LogP contribution in [0.1, 0.15) is 36.8 Å². The summed E-state index contributed by atoms with van der Waals surface area (Å²) in [6.45, 7) is 2.05. The zero-order chi connectivity index (χ0) is 19.4. The second-order valence-corrected chi connectivity index (χ2v) is 6.99. The van der Waals surface area contributed by atoms with Crippen molar-refractivity contribution in [3.8, 4) is 11.1 Å². The monoisotopic (exact) mass is 367 g/mol. The first-order valence-electron chi connectivity index (χ1n) is 9.28. The van der Waals surface area contributed by atoms with Crippen molar-refractivity contribution >= 4 is 11.9 Å². The van der Waals surface area contributed by atoms with Gasteiger partial charge in [0.15, 0.2) is 5.41 Å². The Bertz CT molecular complexity index is 794. The SMILES string of the molecule is CCC[C@@](CNC)(C(=O)O)C(=O)OCC1c2ccccc2-c2ccccc21. The van der Waals surface area contributed by atoms with Crippen molar-refractivity contribution < 1.29 is 19.4 Å². The lowest BCUT2D eigenvalue weighted by atomic mass is 9.83. The van der Waals surface area contributed by atoms with Gasteiger partial charge in [0.05, 0.1) is 0 Å². The third-order valence-corrected chi connectivity index (χ3v) is 5.30. The number of carbonyl (C=O) groups is 2. The summed E-state index contributed by atoms with van der Waals surface area (Å²) < 4.78 is 5.61. The van der Waals surface area contributed by atoms with Crippen LogP contribution in [-0.4, -0.2) is 37.2 Å². The summed E-state index contributed by atoms with van der Waals surface area (Å²) in [7, 11) is 1.64. The van der Waals surface area contributed by atoms with Gasteiger partial charge in [-0.15, -0.1) is 0 Å². The molecule has 5 nitrogen and oxygen atoms in total. The molecule has 0 heterocycles. The van der Waals surface area contributed by atoms with Crippen molar-refractivity contribution in [3.63, 3.8) is 0 Å². The van der Waals surface area contributed by atoms with E-state index in [2.05, 4.69) is 17.4 Å². The van der Waals surface area contributed by atoms with Gasteiger partial charge in [-0.2, -0.15) is 0 Å². The molecule has 2 aromatic carbocycles. The van der Waals surface area contributed by atoms with E-state index in [4.69, 9.17) is 4.74 Å². The highest BCUT2D eigenvalue weighted by atomic mass is 16.5. The molecule has 1 atom stereocenters. The van der Waals surface area contributed by atoms with Gasteiger partial charge < -0.3 is 15.2 Å². The zero-order valence-electron chi connectivity index (χ0n) is 15.7. The first-order chi connectivity index (χ1) is 13.0. The predicted octanol–water partition coefficient (Wildman–Crippen LogP) is 3.43. The van der Waals surface area contributed by atoms with Gasteiger partial charge in [0.1, 0.15) is 6.61 Å². The third kappa shape index (κ3) is 3.35. The van der Waals surface area contributed by atoms with Gasteiger partial charge >= 0.3 is 11.9 Å². The second-order valence-electron chi connectivity index (χ2n) is 6.99. The van der Waals surface area contributed by atoms with Gasteiger partial charge in [-0.3, -0.25) is 9.59 Å². The Balaban J connectivity index is 1.85. The van der Waals surface area contributed by atoms with E-state index in [0.29, 0.717) is 6.42 Å². The molecule has 0 radical (unpaired) electrons. The van der Waals surface area contributed by atoms with Gasteiger partial charge in [-0.05, 0) is 35.7 Å². The molecule has 0 aliphatic heterocycles. The number of carboxylic acids is 1. The lowest BCUT2D eigenvalue weighted by Crippen LogP contribution is -2.47. The molecule has 2 N–H and O–H groups in total. The summed E-state index contributed by atoms with van der Waals surface area (Å²) in [4.78, 5) is 24.7. The molecular formula is C22H25NO4. The smallest absolute Gasteiger partial charge is 0.324 e. The normalized spacial score (nSPS) is 14.9. The van der Waals surface area contributed by atoms with Crippen molar-refractivity contribution in [2.45, 2.75) is 25.7 Å². The standard InChI is InChI=1S/C22H25NO4/c1-3-12-22(14-23-2,20(24)25)21(26)27-13-19-17-10-6-4-8-15(17)16-9-5-7-11-18(16)19/h4-11,19,23H,3,12-14H2,1-2H3,(H,24,25)/t22-/m1/s1. The molecule has 0 saturated carbocycles. The summed E-state index contributed by atoms with van der Waals surface area (Å²) in [6, 6.07) is 16.1. The number of nitrogens with one attached hydrogen (secondary N) is 1. The molecule has 142 valence electrons. The van der Waals surface area contributed by atoms with E-state index >= 15 is 0 Å². The van der Waals surface area contributed by atoms with E-state index in [9.17, 15) is 14.7 Å². The highest BCUT2D eigenvalue weighted by Crippen LogP contribution is 2.44. The topological polar surface area (TPSA) is 75.6 Å². The van der Waals surface area contributed by atoms with Crippen LogP contribution in [-0.2, 0) is 14.3 Å². The van der Waals surface area contributed by atoms with E-state index in [-0.39, 0.29) is 25.5 Å². The number of carboxylic acid groups (broad SMARTS) is 1. The number of ether oxygens (including phenoxy) is 1. The number of benzene rings is 2. The van der Waals surface area contributed by atoms with Crippen molar-refractivity contribution in [2.24, 2.45) is 5.41 Å². The van der Waals surface area contributed by atoms with Crippen molar-refractivity contribution in [1.29, 1.82) is 0 Å². The molecule has 0 spiro atoms. The molecule has 0 unspecified atom stereocenters. The number of hydrogen-bond acceptors (Lipinski definition) is 4.